The van der Waals surface area contributed by atoms with Crippen LogP contribution in [0.1, 0.15) is 5.56 Å². The van der Waals surface area contributed by atoms with Gasteiger partial charge in [0.05, 0.1) is 30.1 Å². The summed E-state index contributed by atoms with van der Waals surface area (Å²) in [5.41, 5.74) is 5.13. The summed E-state index contributed by atoms with van der Waals surface area (Å²) in [5.74, 6) is 2.11. The Kier molecular flexibility index (Phi) is 5.07. The molecule has 1 aromatic heterocycles. The van der Waals surface area contributed by atoms with Crippen molar-refractivity contribution in [3.63, 3.8) is 0 Å². The van der Waals surface area contributed by atoms with E-state index in [2.05, 4.69) is 15.5 Å². The van der Waals surface area contributed by atoms with Crippen molar-refractivity contribution in [3.8, 4) is 17.2 Å². The zero-order valence-electron chi connectivity index (χ0n) is 15.3. The number of hydrogen-bond donors (Lipinski definition) is 1. The molecule has 3 aromatic rings. The first kappa shape index (κ1) is 18.2. The molecule has 1 aliphatic rings. The van der Waals surface area contributed by atoms with Crippen molar-refractivity contribution < 1.29 is 19.0 Å². The number of aromatic nitrogens is 2. The van der Waals surface area contributed by atoms with E-state index in [0.29, 0.717) is 11.5 Å². The molecule has 2 heterocycles. The molecule has 1 amide bonds. The summed E-state index contributed by atoms with van der Waals surface area (Å²) in [6.45, 7) is 0.221. The van der Waals surface area contributed by atoms with Crippen molar-refractivity contribution in [1.82, 2.24) is 15.0 Å². The van der Waals surface area contributed by atoms with Gasteiger partial charge in [-0.3, -0.25) is 4.79 Å². The third-order valence-electron chi connectivity index (χ3n) is 4.18. The van der Waals surface area contributed by atoms with E-state index in [-0.39, 0.29) is 18.5 Å². The smallest absolute Gasteiger partial charge is 0.250 e. The van der Waals surface area contributed by atoms with E-state index in [0.717, 1.165) is 27.5 Å². The molecule has 8 nitrogen and oxygen atoms in total. The first-order valence-corrected chi connectivity index (χ1v) is 9.47. The van der Waals surface area contributed by atoms with Crippen LogP contribution in [0, 0.1) is 0 Å². The number of nitrogens with one attached hydrogen (secondary N) is 1. The standard InChI is InChI=1S/C19H18N4O4S/c1-23-15-5-4-13(25-2)8-14(15)21-19(23)28-10-18(24)22-20-9-12-3-6-16-17(7-12)27-11-26-16/h3-9H,10-11H2,1-2H3,(H,22,24)/b20-9-. The van der Waals surface area contributed by atoms with Crippen LogP contribution in [0.25, 0.3) is 11.0 Å². The highest BCUT2D eigenvalue weighted by molar-refractivity contribution is 7.99. The maximum absolute atomic E-state index is 12.1. The van der Waals surface area contributed by atoms with Gasteiger partial charge in [-0.2, -0.15) is 5.10 Å². The lowest BCUT2D eigenvalue weighted by molar-refractivity contribution is -0.118. The molecule has 0 saturated carbocycles. The van der Waals surface area contributed by atoms with E-state index in [4.69, 9.17) is 14.2 Å². The van der Waals surface area contributed by atoms with E-state index < -0.39 is 0 Å². The molecule has 1 N–H and O–H groups in total. The second-order valence-corrected chi connectivity index (χ2v) is 6.95. The first-order valence-electron chi connectivity index (χ1n) is 8.49. The molecule has 0 atom stereocenters. The van der Waals surface area contributed by atoms with E-state index in [1.165, 1.54) is 11.8 Å². The second-order valence-electron chi connectivity index (χ2n) is 6.00. The molecule has 0 unspecified atom stereocenters. The predicted octanol–water partition coefficient (Wildman–Crippen LogP) is 2.55. The summed E-state index contributed by atoms with van der Waals surface area (Å²) in [6.07, 6.45) is 1.56. The molecule has 0 bridgehead atoms. The quantitative estimate of drug-likeness (QED) is 0.390. The van der Waals surface area contributed by atoms with Crippen molar-refractivity contribution in [2.45, 2.75) is 5.16 Å². The van der Waals surface area contributed by atoms with Crippen LogP contribution in [0.5, 0.6) is 17.2 Å². The number of methoxy groups -OCH3 is 1. The molecule has 4 rings (SSSR count). The van der Waals surface area contributed by atoms with Crippen molar-refractivity contribution in [2.24, 2.45) is 12.1 Å². The summed E-state index contributed by atoms with van der Waals surface area (Å²) >= 11 is 1.35. The molecular formula is C19H18N4O4S. The van der Waals surface area contributed by atoms with Crippen LogP contribution in [0.4, 0.5) is 0 Å². The van der Waals surface area contributed by atoms with Crippen LogP contribution >= 0.6 is 11.8 Å². The number of imidazole rings is 1. The number of fused-ring (bicyclic) bond motifs is 2. The Balaban J connectivity index is 1.34. The minimum Gasteiger partial charge on any atom is -0.497 e. The summed E-state index contributed by atoms with van der Waals surface area (Å²) in [5, 5.41) is 4.74. The highest BCUT2D eigenvalue weighted by Gasteiger charge is 2.13. The van der Waals surface area contributed by atoms with Crippen molar-refractivity contribution >= 4 is 34.9 Å². The van der Waals surface area contributed by atoms with Crippen LogP contribution < -0.4 is 19.6 Å². The number of rotatable bonds is 6. The van der Waals surface area contributed by atoms with E-state index in [1.807, 2.05) is 41.9 Å². The Hall–Kier alpha value is -3.20. The first-order chi connectivity index (χ1) is 13.6. The average molecular weight is 398 g/mol. The Morgan fingerprint density at radius 1 is 1.32 bits per heavy atom. The molecule has 0 radical (unpaired) electrons. The Morgan fingerprint density at radius 3 is 3.04 bits per heavy atom. The van der Waals surface area contributed by atoms with Gasteiger partial charge in [0.25, 0.3) is 5.91 Å². The SMILES string of the molecule is COc1ccc2c(c1)nc(SCC(=O)N/N=C\c1ccc3c(c1)OCO3)n2C. The molecule has 144 valence electrons. The molecule has 0 aliphatic carbocycles. The fourth-order valence-corrected chi connectivity index (χ4v) is 3.53. The van der Waals surface area contributed by atoms with Crippen LogP contribution in [0.15, 0.2) is 46.7 Å². The van der Waals surface area contributed by atoms with Crippen LogP contribution in [-0.4, -0.2) is 41.3 Å². The Morgan fingerprint density at radius 2 is 2.18 bits per heavy atom. The molecule has 0 saturated heterocycles. The molecule has 9 heteroatoms. The number of hydrogen-bond acceptors (Lipinski definition) is 7. The summed E-state index contributed by atoms with van der Waals surface area (Å²) < 4.78 is 17.7. The number of hydrazone groups is 1. The van der Waals surface area contributed by atoms with Crippen molar-refractivity contribution in [3.05, 3.63) is 42.0 Å². The maximum atomic E-state index is 12.1. The lowest BCUT2D eigenvalue weighted by atomic mass is 10.2. The topological polar surface area (TPSA) is 87.0 Å². The third kappa shape index (κ3) is 3.74. The number of amides is 1. The Labute approximate surface area is 165 Å². The van der Waals surface area contributed by atoms with Crippen molar-refractivity contribution in [2.75, 3.05) is 19.7 Å². The number of ether oxygens (including phenoxy) is 3. The molecular weight excluding hydrogens is 380 g/mol. The number of nitrogens with zero attached hydrogens (tertiary/aromatic N) is 3. The lowest BCUT2D eigenvalue weighted by Crippen LogP contribution is -2.19. The van der Waals surface area contributed by atoms with Crippen LogP contribution in [-0.2, 0) is 11.8 Å². The fourth-order valence-electron chi connectivity index (χ4n) is 2.75. The van der Waals surface area contributed by atoms with Gasteiger partial charge in [0.1, 0.15) is 5.75 Å². The van der Waals surface area contributed by atoms with E-state index >= 15 is 0 Å². The van der Waals surface area contributed by atoms with Crippen molar-refractivity contribution in [1.29, 1.82) is 0 Å². The van der Waals surface area contributed by atoms with Gasteiger partial charge < -0.3 is 18.8 Å². The number of thioether (sulfide) groups is 1. The third-order valence-corrected chi connectivity index (χ3v) is 5.21. The number of carbonyl (C=O) groups is 1. The van der Waals surface area contributed by atoms with Gasteiger partial charge in [-0.1, -0.05) is 11.8 Å². The van der Waals surface area contributed by atoms with Gasteiger partial charge in [0, 0.05) is 13.1 Å². The number of aryl methyl sites for hydroxylation is 1. The Bertz CT molecular complexity index is 1060. The lowest BCUT2D eigenvalue weighted by Gasteiger charge is -2.02. The van der Waals surface area contributed by atoms with Gasteiger partial charge in [-0.05, 0) is 35.9 Å². The molecule has 0 spiro atoms. The predicted molar refractivity (Wildman–Crippen MR) is 106 cm³/mol. The van der Waals surface area contributed by atoms with Gasteiger partial charge in [0.2, 0.25) is 6.79 Å². The minimum absolute atomic E-state index is 0.201. The molecule has 28 heavy (non-hydrogen) atoms. The second kappa shape index (κ2) is 7.81. The molecule has 2 aromatic carbocycles. The monoisotopic (exact) mass is 398 g/mol. The molecule has 0 fully saturated rings. The van der Waals surface area contributed by atoms with Crippen LogP contribution in [0.2, 0.25) is 0 Å². The van der Waals surface area contributed by atoms with E-state index in [1.54, 1.807) is 19.4 Å². The maximum Gasteiger partial charge on any atom is 0.250 e. The van der Waals surface area contributed by atoms with Gasteiger partial charge >= 0.3 is 0 Å². The molecule has 1 aliphatic heterocycles. The zero-order valence-corrected chi connectivity index (χ0v) is 16.2. The number of carbonyl (C=O) groups excluding carboxylic acids is 1. The highest BCUT2D eigenvalue weighted by Crippen LogP contribution is 2.32. The number of benzene rings is 2. The normalized spacial score (nSPS) is 12.6. The largest absolute Gasteiger partial charge is 0.497 e. The van der Waals surface area contributed by atoms with Gasteiger partial charge in [-0.25, -0.2) is 10.4 Å². The average Bonchev–Trinajstić information content (AvgIpc) is 3.30. The minimum atomic E-state index is -0.216. The van der Waals surface area contributed by atoms with E-state index in [9.17, 15) is 4.79 Å². The zero-order chi connectivity index (χ0) is 19.5. The van der Waals surface area contributed by atoms with Gasteiger partial charge in [0.15, 0.2) is 16.7 Å². The van der Waals surface area contributed by atoms with Crippen LogP contribution in [0.3, 0.4) is 0 Å². The summed E-state index contributed by atoms with van der Waals surface area (Å²) in [7, 11) is 3.54. The summed E-state index contributed by atoms with van der Waals surface area (Å²) in [4.78, 5) is 16.6. The van der Waals surface area contributed by atoms with Gasteiger partial charge in [-0.15, -0.1) is 0 Å². The summed E-state index contributed by atoms with van der Waals surface area (Å²) in [6, 6.07) is 11.2. The highest BCUT2D eigenvalue weighted by atomic mass is 32.2. The fraction of sp³-hybridized carbons (Fsp3) is 0.211.